The van der Waals surface area contributed by atoms with Gasteiger partial charge in [-0.3, -0.25) is 4.79 Å². The fraction of sp³-hybridized carbons (Fsp3) is 0.667. The third kappa shape index (κ3) is 4.64. The van der Waals surface area contributed by atoms with Crippen LogP contribution >= 0.6 is 0 Å². The van der Waals surface area contributed by atoms with Gasteiger partial charge in [0.25, 0.3) is 0 Å². The molecule has 1 unspecified atom stereocenters. The third-order valence-corrected chi connectivity index (χ3v) is 1.15. The van der Waals surface area contributed by atoms with Gasteiger partial charge in [0.05, 0.1) is 6.54 Å². The van der Waals surface area contributed by atoms with Crippen LogP contribution in [0.5, 0.6) is 0 Å². The zero-order valence-corrected chi connectivity index (χ0v) is 6.49. The van der Waals surface area contributed by atoms with Crippen molar-refractivity contribution in [2.45, 2.75) is 12.5 Å². The smallest absolute Gasteiger partial charge is 0.334 e. The van der Waals surface area contributed by atoms with Crippen molar-refractivity contribution in [2.24, 2.45) is 5.73 Å². The summed E-state index contributed by atoms with van der Waals surface area (Å²) in [5.41, 5.74) is 5.06. The summed E-state index contributed by atoms with van der Waals surface area (Å²) in [4.78, 5) is 20.7. The fourth-order valence-corrected chi connectivity index (χ4v) is 0.517. The predicted octanol–water partition coefficient (Wildman–Crippen LogP) is -2.10. The van der Waals surface area contributed by atoms with Crippen LogP contribution in [0.25, 0.3) is 0 Å². The number of hydrogen-bond acceptors (Lipinski definition) is 4. The molecule has 0 fully saturated rings. The molecule has 1 amide bonds. The van der Waals surface area contributed by atoms with Crippen molar-refractivity contribution in [3.05, 3.63) is 0 Å². The van der Waals surface area contributed by atoms with Gasteiger partial charge < -0.3 is 21.3 Å². The van der Waals surface area contributed by atoms with E-state index in [1.165, 1.54) is 0 Å². The molecule has 70 valence electrons. The van der Waals surface area contributed by atoms with E-state index in [0.717, 1.165) is 0 Å². The van der Waals surface area contributed by atoms with E-state index in [2.05, 4.69) is 5.32 Å². The fourth-order valence-electron chi connectivity index (χ4n) is 0.517. The topological polar surface area (TPSA) is 113 Å². The van der Waals surface area contributed by atoms with Crippen LogP contribution in [0.4, 0.5) is 0 Å². The molecular formula is C6H12N2O4. The van der Waals surface area contributed by atoms with E-state index in [0.29, 0.717) is 0 Å². The molecule has 0 aromatic rings. The van der Waals surface area contributed by atoms with Crippen molar-refractivity contribution >= 4 is 11.9 Å². The Bertz CT molecular complexity index is 171. The average molecular weight is 176 g/mol. The second-order valence-electron chi connectivity index (χ2n) is 2.20. The van der Waals surface area contributed by atoms with Crippen LogP contribution in [0.2, 0.25) is 0 Å². The van der Waals surface area contributed by atoms with Gasteiger partial charge in [-0.25, -0.2) is 4.79 Å². The highest BCUT2D eigenvalue weighted by molar-refractivity contribution is 5.78. The first-order chi connectivity index (χ1) is 5.57. The lowest BCUT2D eigenvalue weighted by molar-refractivity contribution is -0.146. The molecule has 0 bridgehead atoms. The Labute approximate surface area is 69.4 Å². The maximum Gasteiger partial charge on any atom is 0.334 e. The summed E-state index contributed by atoms with van der Waals surface area (Å²) in [5, 5.41) is 19.1. The lowest BCUT2D eigenvalue weighted by Crippen LogP contribution is -2.37. The average Bonchev–Trinajstić information content (AvgIpc) is 2.00. The normalized spacial score (nSPS) is 12.2. The number of nitrogens with one attached hydrogen (secondary N) is 1. The zero-order valence-electron chi connectivity index (χ0n) is 6.49. The van der Waals surface area contributed by atoms with Gasteiger partial charge in [0.2, 0.25) is 5.91 Å². The summed E-state index contributed by atoms with van der Waals surface area (Å²) in [6.07, 6.45) is -1.42. The Balaban J connectivity index is 3.54. The summed E-state index contributed by atoms with van der Waals surface area (Å²) in [7, 11) is 0. The molecule has 12 heavy (non-hydrogen) atoms. The van der Waals surface area contributed by atoms with E-state index in [1.807, 2.05) is 0 Å². The van der Waals surface area contributed by atoms with Crippen LogP contribution in [-0.4, -0.2) is 41.3 Å². The Hall–Kier alpha value is -1.14. The maximum atomic E-state index is 10.7. The van der Waals surface area contributed by atoms with E-state index in [-0.39, 0.29) is 25.4 Å². The number of carbonyl (C=O) groups excluding carboxylic acids is 1. The van der Waals surface area contributed by atoms with Gasteiger partial charge in [0, 0.05) is 13.0 Å². The van der Waals surface area contributed by atoms with Gasteiger partial charge >= 0.3 is 5.97 Å². The first kappa shape index (κ1) is 10.9. The molecule has 0 aliphatic rings. The minimum absolute atomic E-state index is 0.131. The van der Waals surface area contributed by atoms with Crippen molar-refractivity contribution < 1.29 is 19.8 Å². The summed E-state index contributed by atoms with van der Waals surface area (Å²) >= 11 is 0. The minimum Gasteiger partial charge on any atom is -0.479 e. The number of aliphatic carboxylic acids is 1. The van der Waals surface area contributed by atoms with Crippen molar-refractivity contribution in [3.8, 4) is 0 Å². The van der Waals surface area contributed by atoms with Crippen LogP contribution in [0.1, 0.15) is 6.42 Å². The molecule has 1 atom stereocenters. The first-order valence-electron chi connectivity index (χ1n) is 3.45. The van der Waals surface area contributed by atoms with Crippen molar-refractivity contribution in [1.29, 1.82) is 0 Å². The number of carbonyl (C=O) groups is 2. The summed E-state index contributed by atoms with van der Waals surface area (Å²) in [6, 6.07) is 0. The molecule has 0 radical (unpaired) electrons. The Morgan fingerprint density at radius 1 is 1.50 bits per heavy atom. The second-order valence-corrected chi connectivity index (χ2v) is 2.20. The van der Waals surface area contributed by atoms with Gasteiger partial charge in [-0.05, 0) is 0 Å². The van der Waals surface area contributed by atoms with E-state index in [1.54, 1.807) is 0 Å². The molecule has 0 saturated carbocycles. The number of aliphatic hydroxyl groups excluding tert-OH is 1. The third-order valence-electron chi connectivity index (χ3n) is 1.15. The molecule has 0 aromatic heterocycles. The Morgan fingerprint density at radius 2 is 2.08 bits per heavy atom. The summed E-state index contributed by atoms with van der Waals surface area (Å²) in [5.74, 6) is -1.72. The van der Waals surface area contributed by atoms with Crippen LogP contribution in [0.3, 0.4) is 0 Å². The van der Waals surface area contributed by atoms with Gasteiger partial charge in [0.15, 0.2) is 6.10 Å². The number of rotatable bonds is 5. The van der Waals surface area contributed by atoms with Crippen LogP contribution in [0, 0.1) is 0 Å². The number of carboxylic acids is 1. The lowest BCUT2D eigenvalue weighted by Gasteiger charge is -2.06. The van der Waals surface area contributed by atoms with Gasteiger partial charge in [-0.2, -0.15) is 0 Å². The minimum atomic E-state index is -1.55. The number of hydrogen-bond donors (Lipinski definition) is 4. The molecule has 6 nitrogen and oxygen atoms in total. The molecule has 5 N–H and O–H groups in total. The van der Waals surface area contributed by atoms with E-state index in [9.17, 15) is 9.59 Å². The molecule has 0 spiro atoms. The quantitative estimate of drug-likeness (QED) is 0.383. The first-order valence-corrected chi connectivity index (χ1v) is 3.45. The van der Waals surface area contributed by atoms with E-state index >= 15 is 0 Å². The summed E-state index contributed by atoms with van der Waals surface area (Å²) in [6.45, 7) is -0.0802. The lowest BCUT2D eigenvalue weighted by atomic mass is 10.3. The predicted molar refractivity (Wildman–Crippen MR) is 40.3 cm³/mol. The second kappa shape index (κ2) is 5.50. The molecule has 0 aliphatic carbocycles. The highest BCUT2D eigenvalue weighted by Gasteiger charge is 2.13. The zero-order chi connectivity index (χ0) is 9.56. The highest BCUT2D eigenvalue weighted by atomic mass is 16.4. The van der Waals surface area contributed by atoms with Crippen molar-refractivity contribution in [1.82, 2.24) is 5.32 Å². The maximum absolute atomic E-state index is 10.7. The standard InChI is InChI=1S/C6H12N2O4/c7-2-1-5(10)8-3-4(9)6(11)12/h4,9H,1-3,7H2,(H,8,10)(H,11,12). The van der Waals surface area contributed by atoms with E-state index < -0.39 is 12.1 Å². The monoisotopic (exact) mass is 176 g/mol. The Morgan fingerprint density at radius 3 is 2.50 bits per heavy atom. The molecular weight excluding hydrogens is 164 g/mol. The van der Waals surface area contributed by atoms with E-state index in [4.69, 9.17) is 15.9 Å². The molecule has 0 heterocycles. The number of carboxylic acid groups (broad SMARTS) is 1. The molecule has 0 aliphatic heterocycles. The van der Waals surface area contributed by atoms with Crippen molar-refractivity contribution in [3.63, 3.8) is 0 Å². The van der Waals surface area contributed by atoms with Crippen LogP contribution in [-0.2, 0) is 9.59 Å². The number of aliphatic hydroxyl groups is 1. The largest absolute Gasteiger partial charge is 0.479 e. The molecule has 0 aromatic carbocycles. The Kier molecular flexibility index (Phi) is 4.98. The number of amides is 1. The SMILES string of the molecule is NCCC(=O)NCC(O)C(=O)O. The molecule has 6 heteroatoms. The van der Waals surface area contributed by atoms with Crippen LogP contribution < -0.4 is 11.1 Å². The highest BCUT2D eigenvalue weighted by Crippen LogP contribution is 1.81. The van der Waals surface area contributed by atoms with Crippen LogP contribution in [0.15, 0.2) is 0 Å². The van der Waals surface area contributed by atoms with Crippen molar-refractivity contribution in [2.75, 3.05) is 13.1 Å². The number of nitrogens with two attached hydrogens (primary N) is 1. The molecule has 0 saturated heterocycles. The van der Waals surface area contributed by atoms with Gasteiger partial charge in [0.1, 0.15) is 0 Å². The molecule has 0 rings (SSSR count). The van der Waals surface area contributed by atoms with Gasteiger partial charge in [-0.15, -0.1) is 0 Å². The summed E-state index contributed by atoms with van der Waals surface area (Å²) < 4.78 is 0. The van der Waals surface area contributed by atoms with Gasteiger partial charge in [-0.1, -0.05) is 0 Å².